The van der Waals surface area contributed by atoms with Crippen LogP contribution in [0.1, 0.15) is 39.7 Å². The fraction of sp³-hybridized carbons (Fsp3) is 0.625. The molecule has 0 saturated carbocycles. The van der Waals surface area contributed by atoms with Gasteiger partial charge >= 0.3 is 6.09 Å². The molecule has 1 aromatic rings. The van der Waals surface area contributed by atoms with Gasteiger partial charge in [0.15, 0.2) is 0 Å². The van der Waals surface area contributed by atoms with Crippen molar-refractivity contribution in [3.8, 4) is 0 Å². The lowest BCUT2D eigenvalue weighted by molar-refractivity contribution is -0.904. The third kappa shape index (κ3) is 3.54. The van der Waals surface area contributed by atoms with E-state index >= 15 is 0 Å². The number of likely N-dealkylation sites (tertiary alicyclic amines) is 1. The molecule has 1 aliphatic heterocycles. The maximum atomic E-state index is 14.6. The molecule has 7 heteroatoms. The second kappa shape index (κ2) is 5.62. The number of carbonyl (C=O) groups excluding carboxylic acids is 1. The van der Waals surface area contributed by atoms with Crippen LogP contribution in [-0.2, 0) is 10.2 Å². The van der Waals surface area contributed by atoms with Gasteiger partial charge in [-0.25, -0.2) is 13.6 Å². The topological polar surface area (TPSA) is 53.7 Å². The first-order chi connectivity index (χ1) is 10.4. The second-order valence-electron chi connectivity index (χ2n) is 7.16. The zero-order valence-corrected chi connectivity index (χ0v) is 13.8. The van der Waals surface area contributed by atoms with Crippen LogP contribution in [0.2, 0.25) is 0 Å². The largest absolute Gasteiger partial charge is 0.444 e. The van der Waals surface area contributed by atoms with Crippen molar-refractivity contribution < 1.29 is 28.2 Å². The van der Waals surface area contributed by atoms with Crippen molar-refractivity contribution >= 4 is 6.09 Å². The Balaban J connectivity index is 2.29. The lowest BCUT2D eigenvalue weighted by Gasteiger charge is -2.46. The molecule has 0 radical (unpaired) electrons. The second-order valence-corrected chi connectivity index (χ2v) is 7.16. The van der Waals surface area contributed by atoms with Crippen LogP contribution >= 0.6 is 0 Å². The number of aromatic nitrogens is 1. The Bertz CT molecular complexity index is 584. The molecule has 1 aliphatic rings. The highest BCUT2D eigenvalue weighted by Crippen LogP contribution is 2.45. The molecule has 23 heavy (non-hydrogen) atoms. The maximum Gasteiger partial charge on any atom is 0.410 e. The summed E-state index contributed by atoms with van der Waals surface area (Å²) in [6.45, 7) is 6.44. The lowest BCUT2D eigenvalue weighted by atomic mass is 9.73. The van der Waals surface area contributed by atoms with Crippen LogP contribution in [0.3, 0.4) is 0 Å². The number of rotatable bonds is 1. The molecule has 1 amide bonds. The van der Waals surface area contributed by atoms with Crippen LogP contribution in [0.4, 0.5) is 13.6 Å². The van der Waals surface area contributed by atoms with Gasteiger partial charge in [0.05, 0.1) is 5.41 Å². The molecule has 0 aliphatic carbocycles. The first-order valence-electron chi connectivity index (χ1n) is 7.51. The molecular formula is C16H23F2N2O3+. The Morgan fingerprint density at radius 1 is 1.35 bits per heavy atom. The molecule has 1 atom stereocenters. The molecule has 1 saturated heterocycles. The Labute approximate surface area is 134 Å². The van der Waals surface area contributed by atoms with E-state index in [1.165, 1.54) is 36.4 Å². The Kier molecular flexibility index (Phi) is 4.26. The van der Waals surface area contributed by atoms with Crippen molar-refractivity contribution in [2.45, 2.75) is 51.1 Å². The van der Waals surface area contributed by atoms with E-state index in [9.17, 15) is 18.8 Å². The number of hydrogen-bond donors (Lipinski definition) is 1. The SMILES string of the molecule is CC(C)(C)OC(=O)N1CCC(F)(F)C(C)(c2cc[n+](O)cc2)C1. The Morgan fingerprint density at radius 3 is 2.43 bits per heavy atom. The summed E-state index contributed by atoms with van der Waals surface area (Å²) in [7, 11) is 0. The van der Waals surface area contributed by atoms with Gasteiger partial charge in [-0.05, 0) is 33.3 Å². The van der Waals surface area contributed by atoms with Gasteiger partial charge in [-0.1, -0.05) is 0 Å². The van der Waals surface area contributed by atoms with Gasteiger partial charge in [-0.3, -0.25) is 5.21 Å². The molecule has 1 N–H and O–H groups in total. The molecule has 2 rings (SSSR count). The summed E-state index contributed by atoms with van der Waals surface area (Å²) in [6, 6.07) is 2.87. The summed E-state index contributed by atoms with van der Waals surface area (Å²) in [5, 5.41) is 9.28. The minimum absolute atomic E-state index is 0.0513. The zero-order valence-electron chi connectivity index (χ0n) is 13.8. The van der Waals surface area contributed by atoms with E-state index in [0.717, 1.165) is 4.73 Å². The van der Waals surface area contributed by atoms with Crippen LogP contribution in [0.25, 0.3) is 0 Å². The van der Waals surface area contributed by atoms with E-state index < -0.39 is 29.5 Å². The third-order valence-electron chi connectivity index (χ3n) is 4.11. The van der Waals surface area contributed by atoms with Crippen molar-refractivity contribution in [3.63, 3.8) is 0 Å². The highest BCUT2D eigenvalue weighted by molar-refractivity contribution is 5.68. The number of nitrogens with zero attached hydrogens (tertiary/aromatic N) is 2. The van der Waals surface area contributed by atoms with Crippen LogP contribution in [0.5, 0.6) is 0 Å². The normalized spacial score (nSPS) is 24.3. The molecular weight excluding hydrogens is 306 g/mol. The molecule has 0 spiro atoms. The van der Waals surface area contributed by atoms with Crippen molar-refractivity contribution in [1.82, 2.24) is 4.90 Å². The van der Waals surface area contributed by atoms with Gasteiger partial charge in [0.1, 0.15) is 5.60 Å². The number of alkyl halides is 2. The molecule has 0 bridgehead atoms. The summed E-state index contributed by atoms with van der Waals surface area (Å²) in [5.74, 6) is -2.97. The fourth-order valence-corrected chi connectivity index (χ4v) is 2.70. The number of pyridine rings is 1. The van der Waals surface area contributed by atoms with Crippen molar-refractivity contribution in [1.29, 1.82) is 0 Å². The highest BCUT2D eigenvalue weighted by Gasteiger charge is 2.56. The van der Waals surface area contributed by atoms with Gasteiger partial charge in [-0.15, -0.1) is 0 Å². The Hall–Kier alpha value is -1.92. The van der Waals surface area contributed by atoms with E-state index in [-0.39, 0.29) is 13.1 Å². The third-order valence-corrected chi connectivity index (χ3v) is 4.11. The molecule has 2 heterocycles. The zero-order chi connectivity index (χ0) is 17.5. The van der Waals surface area contributed by atoms with Crippen LogP contribution in [-0.4, -0.2) is 40.8 Å². The van der Waals surface area contributed by atoms with E-state index in [1.54, 1.807) is 20.8 Å². The predicted octanol–water partition coefficient (Wildman–Crippen LogP) is 2.75. The van der Waals surface area contributed by atoms with Crippen LogP contribution in [0, 0.1) is 0 Å². The number of ether oxygens (including phenoxy) is 1. The van der Waals surface area contributed by atoms with Crippen LogP contribution in [0.15, 0.2) is 24.5 Å². The maximum absolute atomic E-state index is 14.6. The monoisotopic (exact) mass is 329 g/mol. The van der Waals surface area contributed by atoms with Gasteiger partial charge < -0.3 is 9.64 Å². The molecule has 5 nitrogen and oxygen atoms in total. The summed E-state index contributed by atoms with van der Waals surface area (Å²) in [5.41, 5.74) is -1.86. The van der Waals surface area contributed by atoms with Crippen LogP contribution < -0.4 is 4.73 Å². The summed E-state index contributed by atoms with van der Waals surface area (Å²) < 4.78 is 35.2. The van der Waals surface area contributed by atoms with Gasteiger partial charge in [0, 0.05) is 36.4 Å². The average Bonchev–Trinajstić information content (AvgIpc) is 2.40. The van der Waals surface area contributed by atoms with E-state index in [2.05, 4.69) is 0 Å². The first-order valence-corrected chi connectivity index (χ1v) is 7.51. The number of hydrogen-bond acceptors (Lipinski definition) is 3. The number of piperidine rings is 1. The number of carbonyl (C=O) groups is 1. The standard InChI is InChI=1S/C16H23F2N2O3/c1-14(2,3)23-13(21)19-10-7-16(17,18)15(4,11-19)12-5-8-20(22)9-6-12/h5-6,8-9,22H,7,10-11H2,1-4H3/q+1. The number of amides is 1. The highest BCUT2D eigenvalue weighted by atomic mass is 19.3. The molecule has 1 aromatic heterocycles. The lowest BCUT2D eigenvalue weighted by Crippen LogP contribution is -2.58. The van der Waals surface area contributed by atoms with Crippen molar-refractivity contribution in [3.05, 3.63) is 30.1 Å². The predicted molar refractivity (Wildman–Crippen MR) is 78.5 cm³/mol. The van der Waals surface area contributed by atoms with Gasteiger partial charge in [0.25, 0.3) is 5.92 Å². The Morgan fingerprint density at radius 2 is 1.91 bits per heavy atom. The van der Waals surface area contributed by atoms with Crippen molar-refractivity contribution in [2.24, 2.45) is 0 Å². The number of halogens is 2. The van der Waals surface area contributed by atoms with Gasteiger partial charge in [0.2, 0.25) is 12.4 Å². The van der Waals surface area contributed by atoms with E-state index in [0.29, 0.717) is 5.56 Å². The van der Waals surface area contributed by atoms with E-state index in [1.807, 2.05) is 0 Å². The average molecular weight is 329 g/mol. The van der Waals surface area contributed by atoms with Crippen molar-refractivity contribution in [2.75, 3.05) is 13.1 Å². The smallest absolute Gasteiger partial charge is 0.410 e. The fourth-order valence-electron chi connectivity index (χ4n) is 2.70. The van der Waals surface area contributed by atoms with Gasteiger partial charge in [-0.2, -0.15) is 0 Å². The summed E-state index contributed by atoms with van der Waals surface area (Å²) in [4.78, 5) is 13.5. The summed E-state index contributed by atoms with van der Waals surface area (Å²) >= 11 is 0. The molecule has 128 valence electrons. The van der Waals surface area contributed by atoms with E-state index in [4.69, 9.17) is 4.74 Å². The summed E-state index contributed by atoms with van der Waals surface area (Å²) in [6.07, 6.45) is 1.57. The molecule has 0 aromatic carbocycles. The minimum Gasteiger partial charge on any atom is -0.444 e. The molecule has 1 unspecified atom stereocenters. The first kappa shape index (κ1) is 17.4. The molecule has 1 fully saturated rings. The minimum atomic E-state index is -2.97. The quantitative estimate of drug-likeness (QED) is 0.637.